The quantitative estimate of drug-likeness (QED) is 0.374. The molecule has 1 aromatic rings. The molecule has 0 heterocycles. The maximum absolute atomic E-state index is 10.9. The second-order valence-electron chi connectivity index (χ2n) is 4.18. The topological polar surface area (TPSA) is 35.5 Å². The van der Waals surface area contributed by atoms with Crippen molar-refractivity contribution in [3.63, 3.8) is 0 Å². The predicted octanol–water partition coefficient (Wildman–Crippen LogP) is 5.08. The number of halogens is 2. The second kappa shape index (κ2) is 9.19. The van der Waals surface area contributed by atoms with E-state index < -0.39 is 5.97 Å². The van der Waals surface area contributed by atoms with Crippen molar-refractivity contribution in [2.45, 2.75) is 27.2 Å². The van der Waals surface area contributed by atoms with Crippen LogP contribution in [0, 0.1) is 0 Å². The molecule has 3 nitrogen and oxygen atoms in total. The van der Waals surface area contributed by atoms with Crippen molar-refractivity contribution in [1.82, 2.24) is 0 Å². The van der Waals surface area contributed by atoms with E-state index in [1.54, 1.807) is 0 Å². The van der Waals surface area contributed by atoms with Crippen LogP contribution in [0.1, 0.15) is 32.8 Å². The summed E-state index contributed by atoms with van der Waals surface area (Å²) in [4.78, 5) is 10.9. The second-order valence-corrected chi connectivity index (χ2v) is 5.95. The van der Waals surface area contributed by atoms with Crippen LogP contribution in [0.15, 0.2) is 33.7 Å². The lowest BCUT2D eigenvalue weighted by Gasteiger charge is -2.16. The summed E-state index contributed by atoms with van der Waals surface area (Å²) >= 11 is 6.94. The lowest BCUT2D eigenvalue weighted by molar-refractivity contribution is -0.138. The van der Waals surface area contributed by atoms with E-state index in [0.29, 0.717) is 12.5 Å². The third-order valence-corrected chi connectivity index (χ3v) is 3.45. The molecule has 0 aliphatic carbocycles. The van der Waals surface area contributed by atoms with Crippen LogP contribution in [0.3, 0.4) is 0 Å². The Hall–Kier alpha value is -0.810. The van der Waals surface area contributed by atoms with Gasteiger partial charge >= 0.3 is 5.97 Å². The molecular formula is C15H20Br2O3. The summed E-state index contributed by atoms with van der Waals surface area (Å²) in [5, 5.41) is 0. The molecule has 1 aromatic carbocycles. The number of rotatable bonds is 6. The van der Waals surface area contributed by atoms with Crippen LogP contribution in [0.4, 0.5) is 0 Å². The Morgan fingerprint density at radius 2 is 2.00 bits per heavy atom. The minimum absolute atomic E-state index is 0. The van der Waals surface area contributed by atoms with Gasteiger partial charge in [0.2, 0.25) is 0 Å². The van der Waals surface area contributed by atoms with Crippen molar-refractivity contribution in [3.8, 4) is 5.75 Å². The molecule has 0 amide bonds. The van der Waals surface area contributed by atoms with Gasteiger partial charge in [-0.2, -0.15) is 0 Å². The minimum Gasteiger partial charge on any atom is -0.489 e. The molecule has 0 fully saturated rings. The van der Waals surface area contributed by atoms with E-state index in [-0.39, 0.29) is 14.0 Å². The zero-order valence-electron chi connectivity index (χ0n) is 10.9. The van der Waals surface area contributed by atoms with E-state index in [4.69, 9.17) is 9.47 Å². The van der Waals surface area contributed by atoms with Crippen molar-refractivity contribution in [2.24, 2.45) is 0 Å². The molecule has 1 rings (SSSR count). The molecule has 0 aliphatic rings. The Bertz CT molecular complexity index is 470. The number of hydrogen-bond donors (Lipinski definition) is 0. The van der Waals surface area contributed by atoms with Gasteiger partial charge in [0, 0.05) is 10.5 Å². The van der Waals surface area contributed by atoms with Crippen LogP contribution >= 0.6 is 31.9 Å². The average Bonchev–Trinajstić information content (AvgIpc) is 2.35. The van der Waals surface area contributed by atoms with Gasteiger partial charge < -0.3 is 9.47 Å². The Kier molecular flexibility index (Phi) is 8.81. The van der Waals surface area contributed by atoms with E-state index in [0.717, 1.165) is 26.3 Å². The Morgan fingerprint density at radius 1 is 1.35 bits per heavy atom. The van der Waals surface area contributed by atoms with Gasteiger partial charge in [-0.15, -0.1) is 0 Å². The Labute approximate surface area is 137 Å². The van der Waals surface area contributed by atoms with Crippen molar-refractivity contribution in [3.05, 3.63) is 39.3 Å². The average molecular weight is 408 g/mol. The lowest BCUT2D eigenvalue weighted by Crippen LogP contribution is -2.11. The SMILES string of the molecule is C.C=CC(=O)OCCOc1c(Br)cc(Br)cc1C(C)C. The summed E-state index contributed by atoms with van der Waals surface area (Å²) in [6, 6.07) is 3.96. The van der Waals surface area contributed by atoms with Crippen LogP contribution in [-0.2, 0) is 9.53 Å². The van der Waals surface area contributed by atoms with E-state index in [1.165, 1.54) is 0 Å². The molecule has 0 saturated carbocycles. The molecule has 0 atom stereocenters. The molecule has 0 aliphatic heterocycles. The molecule has 0 N–H and O–H groups in total. The standard InChI is InChI=1S/C14H16Br2O3.CH4/c1-4-13(17)18-5-6-19-14-11(9(2)3)7-10(15)8-12(14)16;/h4,7-9H,1,5-6H2,2-3H3;1H4. The van der Waals surface area contributed by atoms with Gasteiger partial charge in [0.15, 0.2) is 0 Å². The van der Waals surface area contributed by atoms with Gasteiger partial charge in [-0.3, -0.25) is 0 Å². The first-order valence-corrected chi connectivity index (χ1v) is 7.45. The van der Waals surface area contributed by atoms with Gasteiger partial charge in [-0.1, -0.05) is 43.8 Å². The van der Waals surface area contributed by atoms with E-state index in [1.807, 2.05) is 12.1 Å². The molecule has 0 spiro atoms. The number of carbonyl (C=O) groups excluding carboxylic acids is 1. The van der Waals surface area contributed by atoms with Gasteiger partial charge in [-0.05, 0) is 39.5 Å². The van der Waals surface area contributed by atoms with Crippen molar-refractivity contribution < 1.29 is 14.3 Å². The zero-order chi connectivity index (χ0) is 14.4. The van der Waals surface area contributed by atoms with E-state index in [2.05, 4.69) is 52.3 Å². The number of esters is 1. The normalized spacial score (nSPS) is 9.85. The smallest absolute Gasteiger partial charge is 0.330 e. The molecule has 112 valence electrons. The van der Waals surface area contributed by atoms with Gasteiger partial charge in [0.25, 0.3) is 0 Å². The van der Waals surface area contributed by atoms with Gasteiger partial charge in [0.05, 0.1) is 4.47 Å². The summed E-state index contributed by atoms with van der Waals surface area (Å²) in [6.45, 7) is 8.03. The molecule has 0 saturated heterocycles. The van der Waals surface area contributed by atoms with Crippen LogP contribution in [0.5, 0.6) is 5.75 Å². The highest BCUT2D eigenvalue weighted by molar-refractivity contribution is 9.11. The van der Waals surface area contributed by atoms with Gasteiger partial charge in [-0.25, -0.2) is 4.79 Å². The number of carbonyl (C=O) groups is 1. The van der Waals surface area contributed by atoms with Crippen LogP contribution < -0.4 is 4.74 Å². The monoisotopic (exact) mass is 406 g/mol. The number of benzene rings is 1. The van der Waals surface area contributed by atoms with Crippen LogP contribution in [0.25, 0.3) is 0 Å². The maximum atomic E-state index is 10.9. The summed E-state index contributed by atoms with van der Waals surface area (Å²) in [5.41, 5.74) is 1.09. The maximum Gasteiger partial charge on any atom is 0.330 e. The molecule has 0 bridgehead atoms. The molecule has 0 aromatic heterocycles. The fraction of sp³-hybridized carbons (Fsp3) is 0.400. The third kappa shape index (κ3) is 5.67. The Balaban J connectivity index is 0.00000361. The highest BCUT2D eigenvalue weighted by Crippen LogP contribution is 2.36. The zero-order valence-corrected chi connectivity index (χ0v) is 14.1. The highest BCUT2D eigenvalue weighted by Gasteiger charge is 2.13. The first-order valence-electron chi connectivity index (χ1n) is 5.86. The molecule has 0 radical (unpaired) electrons. The molecular weight excluding hydrogens is 388 g/mol. The summed E-state index contributed by atoms with van der Waals surface area (Å²) in [5.74, 6) is 0.676. The molecule has 20 heavy (non-hydrogen) atoms. The fourth-order valence-corrected chi connectivity index (χ4v) is 2.88. The van der Waals surface area contributed by atoms with Crippen molar-refractivity contribution in [2.75, 3.05) is 13.2 Å². The Morgan fingerprint density at radius 3 is 2.55 bits per heavy atom. The summed E-state index contributed by atoms with van der Waals surface area (Å²) in [6.07, 6.45) is 1.13. The first-order chi connectivity index (χ1) is 8.95. The minimum atomic E-state index is -0.442. The third-order valence-electron chi connectivity index (χ3n) is 2.40. The lowest BCUT2D eigenvalue weighted by atomic mass is 10.0. The van der Waals surface area contributed by atoms with Crippen LogP contribution in [0.2, 0.25) is 0 Å². The summed E-state index contributed by atoms with van der Waals surface area (Å²) in [7, 11) is 0. The van der Waals surface area contributed by atoms with Gasteiger partial charge in [0.1, 0.15) is 19.0 Å². The summed E-state index contributed by atoms with van der Waals surface area (Å²) < 4.78 is 12.4. The van der Waals surface area contributed by atoms with Crippen LogP contribution in [-0.4, -0.2) is 19.2 Å². The molecule has 5 heteroatoms. The number of hydrogen-bond acceptors (Lipinski definition) is 3. The van der Waals surface area contributed by atoms with E-state index in [9.17, 15) is 4.79 Å². The van der Waals surface area contributed by atoms with Crippen molar-refractivity contribution >= 4 is 37.8 Å². The number of ether oxygens (including phenoxy) is 2. The first kappa shape index (κ1) is 19.2. The fourth-order valence-electron chi connectivity index (χ4n) is 1.51. The largest absolute Gasteiger partial charge is 0.489 e. The van der Waals surface area contributed by atoms with Crippen molar-refractivity contribution in [1.29, 1.82) is 0 Å². The predicted molar refractivity (Wildman–Crippen MR) is 89.3 cm³/mol. The highest BCUT2D eigenvalue weighted by atomic mass is 79.9. The van der Waals surface area contributed by atoms with E-state index >= 15 is 0 Å². The molecule has 0 unspecified atom stereocenters.